The van der Waals surface area contributed by atoms with Crippen molar-refractivity contribution in [2.45, 2.75) is 6.18 Å². The van der Waals surface area contributed by atoms with Gasteiger partial charge in [0.25, 0.3) is 0 Å². The van der Waals surface area contributed by atoms with Crippen molar-refractivity contribution in [2.24, 2.45) is 0 Å². The Bertz CT molecular complexity index is 1700. The van der Waals surface area contributed by atoms with Crippen LogP contribution in [-0.2, 0) is 6.18 Å². The van der Waals surface area contributed by atoms with E-state index in [2.05, 4.69) is 20.3 Å². The average molecular weight is 579 g/mol. The zero-order chi connectivity index (χ0) is 28.6. The van der Waals surface area contributed by atoms with Gasteiger partial charge in [0.15, 0.2) is 17.0 Å². The molecular weight excluding hydrogens is 557 g/mol. The molecule has 0 aliphatic carbocycles. The van der Waals surface area contributed by atoms with E-state index in [9.17, 15) is 18.0 Å². The number of alkyl halides is 3. The number of hydrogen-bond acceptors (Lipinski definition) is 6. The lowest BCUT2D eigenvalue weighted by atomic mass is 10.2. The molecule has 5 aromatic rings. The number of fused-ring (bicyclic) bond motifs is 1. The number of pyridine rings is 1. The van der Waals surface area contributed by atoms with Crippen LogP contribution in [0.4, 0.5) is 29.5 Å². The zero-order valence-electron chi connectivity index (χ0n) is 21.4. The lowest BCUT2D eigenvalue weighted by Gasteiger charge is -2.35. The van der Waals surface area contributed by atoms with Gasteiger partial charge in [0.2, 0.25) is 0 Å². The Hall–Kier alpha value is -4.71. The molecule has 9 nitrogen and oxygen atoms in total. The van der Waals surface area contributed by atoms with Crippen molar-refractivity contribution in [3.05, 3.63) is 90.0 Å². The van der Waals surface area contributed by atoms with Gasteiger partial charge in [0.1, 0.15) is 17.8 Å². The topological polar surface area (TPSA) is 92.1 Å². The van der Waals surface area contributed by atoms with Gasteiger partial charge < -0.3 is 15.1 Å². The minimum atomic E-state index is -4.57. The predicted molar refractivity (Wildman–Crippen MR) is 149 cm³/mol. The van der Waals surface area contributed by atoms with Crippen LogP contribution < -0.4 is 10.2 Å². The summed E-state index contributed by atoms with van der Waals surface area (Å²) in [5.41, 5.74) is 1.45. The SMILES string of the molecule is O=C(Nc1ccccc1)N1CCN(c2ncnc3c2nc(-c2ccccc2Cl)n3-c2ccc(C(F)(F)F)nc2)CC1. The van der Waals surface area contributed by atoms with Gasteiger partial charge in [-0.05, 0) is 36.4 Å². The molecule has 0 bridgehead atoms. The van der Waals surface area contributed by atoms with E-state index in [-0.39, 0.29) is 6.03 Å². The zero-order valence-corrected chi connectivity index (χ0v) is 22.1. The Labute approximate surface area is 237 Å². The van der Waals surface area contributed by atoms with E-state index in [1.54, 1.807) is 33.7 Å². The first kappa shape index (κ1) is 26.5. The number of aromatic nitrogens is 5. The monoisotopic (exact) mass is 578 g/mol. The van der Waals surface area contributed by atoms with Crippen LogP contribution in [0.15, 0.2) is 79.3 Å². The fraction of sp³-hybridized carbons (Fsp3) is 0.179. The van der Waals surface area contributed by atoms with Crippen molar-refractivity contribution in [3.63, 3.8) is 0 Å². The van der Waals surface area contributed by atoms with Crippen molar-refractivity contribution in [2.75, 3.05) is 36.4 Å². The van der Waals surface area contributed by atoms with Crippen LogP contribution in [0, 0.1) is 0 Å². The molecule has 0 radical (unpaired) electrons. The van der Waals surface area contributed by atoms with E-state index < -0.39 is 11.9 Å². The third kappa shape index (κ3) is 5.25. The summed E-state index contributed by atoms with van der Waals surface area (Å²) in [4.78, 5) is 33.9. The number of hydrogen-bond donors (Lipinski definition) is 1. The third-order valence-corrected chi connectivity index (χ3v) is 7.06. The molecule has 2 amide bonds. The summed E-state index contributed by atoms with van der Waals surface area (Å²) in [5.74, 6) is 0.930. The first-order chi connectivity index (χ1) is 19.8. The number of benzene rings is 2. The standard InChI is InChI=1S/C28H22ClF3N8O/c29-21-9-5-4-8-20(21)24-37-23-25(38-12-14-39(15-13-38)27(41)36-18-6-2-1-3-7-18)34-17-35-26(23)40(24)19-10-11-22(33-16-19)28(30,31)32/h1-11,16-17H,12-15H2,(H,36,41). The van der Waals surface area contributed by atoms with Crippen molar-refractivity contribution in [1.29, 1.82) is 0 Å². The van der Waals surface area contributed by atoms with Crippen LogP contribution in [0.2, 0.25) is 5.02 Å². The molecule has 13 heteroatoms. The number of carbonyl (C=O) groups is 1. The molecule has 6 rings (SSSR count). The summed E-state index contributed by atoms with van der Waals surface area (Å²) in [5, 5.41) is 3.31. The van der Waals surface area contributed by atoms with Gasteiger partial charge in [-0.25, -0.2) is 24.7 Å². The van der Waals surface area contributed by atoms with Gasteiger partial charge in [-0.15, -0.1) is 0 Å². The maximum absolute atomic E-state index is 13.2. The maximum Gasteiger partial charge on any atom is 0.433 e. The number of halogens is 4. The molecule has 208 valence electrons. The Morgan fingerprint density at radius 1 is 0.878 bits per heavy atom. The van der Waals surface area contributed by atoms with Crippen LogP contribution in [0.3, 0.4) is 0 Å². The molecule has 0 atom stereocenters. The quantitative estimate of drug-likeness (QED) is 0.285. The maximum atomic E-state index is 13.2. The number of nitrogens with one attached hydrogen (secondary N) is 1. The molecule has 0 saturated carbocycles. The van der Waals surface area contributed by atoms with Gasteiger partial charge in [-0.2, -0.15) is 13.2 Å². The summed E-state index contributed by atoms with van der Waals surface area (Å²) in [6.45, 7) is 1.88. The first-order valence-corrected chi connectivity index (χ1v) is 13.1. The lowest BCUT2D eigenvalue weighted by molar-refractivity contribution is -0.141. The molecule has 0 spiro atoms. The minimum absolute atomic E-state index is 0.191. The van der Waals surface area contributed by atoms with Gasteiger partial charge >= 0.3 is 12.2 Å². The molecule has 1 aliphatic rings. The molecule has 1 saturated heterocycles. The lowest BCUT2D eigenvalue weighted by Crippen LogP contribution is -2.50. The second kappa shape index (κ2) is 10.7. The second-order valence-corrected chi connectivity index (χ2v) is 9.70. The Morgan fingerprint density at radius 3 is 2.29 bits per heavy atom. The van der Waals surface area contributed by atoms with Crippen molar-refractivity contribution >= 4 is 40.3 Å². The fourth-order valence-electron chi connectivity index (χ4n) is 4.71. The molecule has 1 fully saturated rings. The highest BCUT2D eigenvalue weighted by atomic mass is 35.5. The van der Waals surface area contributed by atoms with E-state index in [1.807, 2.05) is 35.2 Å². The molecule has 4 heterocycles. The number of rotatable bonds is 4. The number of para-hydroxylation sites is 1. The van der Waals surface area contributed by atoms with E-state index in [0.29, 0.717) is 70.9 Å². The Morgan fingerprint density at radius 2 is 1.61 bits per heavy atom. The molecule has 3 aromatic heterocycles. The van der Waals surface area contributed by atoms with Gasteiger partial charge in [0.05, 0.1) is 16.9 Å². The number of urea groups is 1. The smallest absolute Gasteiger partial charge is 0.351 e. The molecule has 0 unspecified atom stereocenters. The molecule has 2 aromatic carbocycles. The van der Waals surface area contributed by atoms with E-state index in [4.69, 9.17) is 16.6 Å². The number of amides is 2. The van der Waals surface area contributed by atoms with Crippen LogP contribution >= 0.6 is 11.6 Å². The van der Waals surface area contributed by atoms with E-state index in [0.717, 1.165) is 12.3 Å². The normalized spacial score (nSPS) is 14.0. The fourth-order valence-corrected chi connectivity index (χ4v) is 4.93. The van der Waals surface area contributed by atoms with Crippen molar-refractivity contribution in [1.82, 2.24) is 29.4 Å². The number of nitrogens with zero attached hydrogens (tertiary/aromatic N) is 7. The van der Waals surface area contributed by atoms with Gasteiger partial charge in [-0.3, -0.25) is 4.57 Å². The number of piperazine rings is 1. The largest absolute Gasteiger partial charge is 0.433 e. The highest BCUT2D eigenvalue weighted by molar-refractivity contribution is 6.33. The second-order valence-electron chi connectivity index (χ2n) is 9.29. The summed E-state index contributed by atoms with van der Waals surface area (Å²) < 4.78 is 41.2. The average Bonchev–Trinajstić information content (AvgIpc) is 3.37. The minimum Gasteiger partial charge on any atom is -0.351 e. The summed E-state index contributed by atoms with van der Waals surface area (Å²) >= 11 is 6.52. The predicted octanol–water partition coefficient (Wildman–Crippen LogP) is 5.90. The van der Waals surface area contributed by atoms with Crippen LogP contribution in [0.25, 0.3) is 28.2 Å². The molecule has 1 aliphatic heterocycles. The van der Waals surface area contributed by atoms with Crippen molar-refractivity contribution < 1.29 is 18.0 Å². The summed E-state index contributed by atoms with van der Waals surface area (Å²) in [6, 6.07) is 18.3. The van der Waals surface area contributed by atoms with Crippen molar-refractivity contribution in [3.8, 4) is 17.1 Å². The van der Waals surface area contributed by atoms with Crippen LogP contribution in [0.1, 0.15) is 5.69 Å². The first-order valence-electron chi connectivity index (χ1n) is 12.7. The van der Waals surface area contributed by atoms with E-state index in [1.165, 1.54) is 12.4 Å². The third-order valence-electron chi connectivity index (χ3n) is 6.73. The van der Waals surface area contributed by atoms with Gasteiger partial charge in [-0.1, -0.05) is 41.9 Å². The van der Waals surface area contributed by atoms with E-state index >= 15 is 0 Å². The molecule has 1 N–H and O–H groups in total. The Balaban J connectivity index is 1.35. The highest BCUT2D eigenvalue weighted by Gasteiger charge is 2.32. The summed E-state index contributed by atoms with van der Waals surface area (Å²) in [7, 11) is 0. The molecule has 41 heavy (non-hydrogen) atoms. The molecular formula is C28H22ClF3N8O. The van der Waals surface area contributed by atoms with Crippen LogP contribution in [-0.4, -0.2) is 61.6 Å². The number of carbonyl (C=O) groups excluding carboxylic acids is 1. The summed E-state index contributed by atoms with van der Waals surface area (Å²) in [6.07, 6.45) is -2.05. The number of anilines is 2. The Kier molecular flexibility index (Phi) is 6.91. The number of imidazole rings is 1. The van der Waals surface area contributed by atoms with Gasteiger partial charge in [0, 0.05) is 37.4 Å². The highest BCUT2D eigenvalue weighted by Crippen LogP contribution is 2.35. The van der Waals surface area contributed by atoms with Crippen LogP contribution in [0.5, 0.6) is 0 Å².